The lowest BCUT2D eigenvalue weighted by atomic mass is 9.94. The molecular weight excluding hydrogens is 240 g/mol. The van der Waals surface area contributed by atoms with Gasteiger partial charge in [0.1, 0.15) is 12.1 Å². The van der Waals surface area contributed by atoms with E-state index >= 15 is 0 Å². The second-order valence-corrected chi connectivity index (χ2v) is 6.49. The largest absolute Gasteiger partial charge is 0.329 e. The fourth-order valence-electron chi connectivity index (χ4n) is 3.72. The van der Waals surface area contributed by atoms with Gasteiger partial charge in [0.2, 0.25) is 11.8 Å². The van der Waals surface area contributed by atoms with Gasteiger partial charge in [0, 0.05) is 12.6 Å². The highest BCUT2D eigenvalue weighted by Crippen LogP contribution is 2.36. The van der Waals surface area contributed by atoms with E-state index < -0.39 is 0 Å². The maximum absolute atomic E-state index is 12.7. The van der Waals surface area contributed by atoms with Crippen molar-refractivity contribution in [1.82, 2.24) is 9.80 Å². The highest BCUT2D eigenvalue weighted by molar-refractivity contribution is 5.97. The van der Waals surface area contributed by atoms with E-state index in [1.54, 1.807) is 0 Å². The second kappa shape index (κ2) is 4.80. The summed E-state index contributed by atoms with van der Waals surface area (Å²) in [5.41, 5.74) is 0. The van der Waals surface area contributed by atoms with Gasteiger partial charge < -0.3 is 9.80 Å². The summed E-state index contributed by atoms with van der Waals surface area (Å²) in [6.07, 6.45) is 6.62. The molecule has 3 rings (SSSR count). The third-order valence-corrected chi connectivity index (χ3v) is 4.95. The molecule has 0 aromatic carbocycles. The molecule has 2 saturated heterocycles. The van der Waals surface area contributed by atoms with Crippen molar-refractivity contribution < 1.29 is 9.59 Å². The number of hydrogen-bond acceptors (Lipinski definition) is 2. The summed E-state index contributed by atoms with van der Waals surface area (Å²) in [4.78, 5) is 28.9. The van der Waals surface area contributed by atoms with Crippen LogP contribution in [0.1, 0.15) is 52.4 Å². The van der Waals surface area contributed by atoms with Crippen molar-refractivity contribution in [3.8, 4) is 0 Å². The number of carbonyl (C=O) groups is 2. The number of fused-ring (bicyclic) bond motifs is 1. The van der Waals surface area contributed by atoms with Crippen molar-refractivity contribution in [1.29, 1.82) is 0 Å². The zero-order valence-corrected chi connectivity index (χ0v) is 12.0. The molecule has 4 heteroatoms. The Morgan fingerprint density at radius 1 is 1.16 bits per heavy atom. The summed E-state index contributed by atoms with van der Waals surface area (Å²) in [6, 6.07) is -0.224. The van der Waals surface area contributed by atoms with E-state index in [1.165, 1.54) is 12.8 Å². The molecule has 1 aliphatic carbocycles. The number of piperazine rings is 1. The number of hydrogen-bond donors (Lipinski definition) is 0. The van der Waals surface area contributed by atoms with Gasteiger partial charge in [-0.25, -0.2) is 0 Å². The summed E-state index contributed by atoms with van der Waals surface area (Å²) in [6.45, 7) is 4.78. The van der Waals surface area contributed by atoms with E-state index in [1.807, 2.05) is 16.7 Å². The van der Waals surface area contributed by atoms with Crippen LogP contribution in [0.2, 0.25) is 0 Å². The molecule has 19 heavy (non-hydrogen) atoms. The number of amides is 2. The van der Waals surface area contributed by atoms with Gasteiger partial charge in [0.05, 0.1) is 0 Å². The number of carbonyl (C=O) groups excluding carboxylic acids is 2. The van der Waals surface area contributed by atoms with Crippen LogP contribution in [0.4, 0.5) is 0 Å². The molecule has 3 unspecified atom stereocenters. The average Bonchev–Trinajstić information content (AvgIpc) is 3.20. The first kappa shape index (κ1) is 12.9. The Balaban J connectivity index is 1.78. The van der Waals surface area contributed by atoms with Gasteiger partial charge in [0.25, 0.3) is 0 Å². The molecule has 0 N–H and O–H groups in total. The topological polar surface area (TPSA) is 40.6 Å². The van der Waals surface area contributed by atoms with Crippen LogP contribution < -0.4 is 0 Å². The molecule has 0 radical (unpaired) electrons. The van der Waals surface area contributed by atoms with E-state index in [2.05, 4.69) is 6.92 Å². The molecule has 3 aliphatic rings. The summed E-state index contributed by atoms with van der Waals surface area (Å²) in [5.74, 6) is 1.14. The monoisotopic (exact) mass is 264 g/mol. The van der Waals surface area contributed by atoms with Crippen molar-refractivity contribution in [2.75, 3.05) is 6.54 Å². The van der Waals surface area contributed by atoms with Crippen LogP contribution in [0.3, 0.4) is 0 Å². The van der Waals surface area contributed by atoms with Gasteiger partial charge in [-0.3, -0.25) is 9.59 Å². The van der Waals surface area contributed by atoms with Crippen LogP contribution in [0, 0.1) is 5.92 Å². The third kappa shape index (κ3) is 2.26. The molecule has 3 atom stereocenters. The SMILES string of the molecule is CC(CC1CC1)N1C(=O)C2CCCCN2C(=O)C1C. The van der Waals surface area contributed by atoms with Crippen LogP contribution in [-0.2, 0) is 9.59 Å². The van der Waals surface area contributed by atoms with Gasteiger partial charge >= 0.3 is 0 Å². The first-order chi connectivity index (χ1) is 9.09. The molecule has 0 aromatic heterocycles. The Morgan fingerprint density at radius 2 is 1.89 bits per heavy atom. The second-order valence-electron chi connectivity index (χ2n) is 6.49. The van der Waals surface area contributed by atoms with E-state index in [4.69, 9.17) is 0 Å². The normalized spacial score (nSPS) is 33.4. The molecule has 1 saturated carbocycles. The van der Waals surface area contributed by atoms with Crippen LogP contribution in [-0.4, -0.2) is 46.3 Å². The molecule has 0 spiro atoms. The Bertz CT molecular complexity index is 392. The maximum atomic E-state index is 12.7. The Morgan fingerprint density at radius 3 is 2.58 bits per heavy atom. The predicted octanol–water partition coefficient (Wildman–Crippen LogP) is 1.79. The summed E-state index contributed by atoms with van der Waals surface area (Å²) in [7, 11) is 0. The predicted molar refractivity (Wildman–Crippen MR) is 72.5 cm³/mol. The van der Waals surface area contributed by atoms with Gasteiger partial charge in [0.15, 0.2) is 0 Å². The van der Waals surface area contributed by atoms with E-state index in [0.717, 1.165) is 38.1 Å². The molecule has 3 fully saturated rings. The summed E-state index contributed by atoms with van der Waals surface area (Å²) in [5, 5.41) is 0. The molecule has 2 amide bonds. The Hall–Kier alpha value is -1.06. The van der Waals surface area contributed by atoms with Gasteiger partial charge in [-0.2, -0.15) is 0 Å². The number of piperidine rings is 1. The van der Waals surface area contributed by atoms with Crippen molar-refractivity contribution in [3.63, 3.8) is 0 Å². The Kier molecular flexibility index (Phi) is 3.27. The molecular formula is C15H24N2O2. The van der Waals surface area contributed by atoms with E-state index in [0.29, 0.717) is 0 Å². The Labute approximate surface area is 115 Å². The maximum Gasteiger partial charge on any atom is 0.246 e. The average molecular weight is 264 g/mol. The standard InChI is InChI=1S/C15H24N2O2/c1-10(9-12-6-7-12)17-11(2)14(18)16-8-4-3-5-13(16)15(17)19/h10-13H,3-9H2,1-2H3. The van der Waals surface area contributed by atoms with Crippen LogP contribution in [0.25, 0.3) is 0 Å². The van der Waals surface area contributed by atoms with Crippen molar-refractivity contribution in [2.24, 2.45) is 5.92 Å². The quantitative estimate of drug-likeness (QED) is 0.779. The van der Waals surface area contributed by atoms with Gasteiger partial charge in [-0.05, 0) is 45.4 Å². The minimum absolute atomic E-state index is 0.159. The summed E-state index contributed by atoms with van der Waals surface area (Å²) >= 11 is 0. The molecule has 4 nitrogen and oxygen atoms in total. The van der Waals surface area contributed by atoms with Crippen molar-refractivity contribution in [3.05, 3.63) is 0 Å². The van der Waals surface area contributed by atoms with Gasteiger partial charge in [-0.1, -0.05) is 12.8 Å². The molecule has 0 bridgehead atoms. The van der Waals surface area contributed by atoms with E-state index in [9.17, 15) is 9.59 Å². The molecule has 2 heterocycles. The number of rotatable bonds is 3. The van der Waals surface area contributed by atoms with Crippen molar-refractivity contribution >= 4 is 11.8 Å². The lowest BCUT2D eigenvalue weighted by molar-refractivity contribution is -0.165. The lowest BCUT2D eigenvalue weighted by Crippen LogP contribution is -2.66. The molecule has 106 valence electrons. The molecule has 0 aromatic rings. The van der Waals surface area contributed by atoms with Crippen LogP contribution in [0.5, 0.6) is 0 Å². The first-order valence-electron chi connectivity index (χ1n) is 7.72. The summed E-state index contributed by atoms with van der Waals surface area (Å²) < 4.78 is 0. The first-order valence-corrected chi connectivity index (χ1v) is 7.72. The highest BCUT2D eigenvalue weighted by Gasteiger charge is 2.46. The molecule has 2 aliphatic heterocycles. The zero-order chi connectivity index (χ0) is 13.6. The van der Waals surface area contributed by atoms with Gasteiger partial charge in [-0.15, -0.1) is 0 Å². The smallest absolute Gasteiger partial charge is 0.246 e. The number of nitrogens with zero attached hydrogens (tertiary/aromatic N) is 2. The minimum atomic E-state index is -0.268. The third-order valence-electron chi connectivity index (χ3n) is 4.95. The lowest BCUT2D eigenvalue weighted by Gasteiger charge is -2.48. The zero-order valence-electron chi connectivity index (χ0n) is 12.0. The fraction of sp³-hybridized carbons (Fsp3) is 0.867. The minimum Gasteiger partial charge on any atom is -0.329 e. The highest BCUT2D eigenvalue weighted by atomic mass is 16.2. The van der Waals surface area contributed by atoms with Crippen LogP contribution in [0.15, 0.2) is 0 Å². The van der Waals surface area contributed by atoms with Crippen molar-refractivity contribution in [2.45, 2.75) is 70.5 Å². The fourth-order valence-corrected chi connectivity index (χ4v) is 3.72. The van der Waals surface area contributed by atoms with E-state index in [-0.39, 0.29) is 29.9 Å². The van der Waals surface area contributed by atoms with Crippen LogP contribution >= 0.6 is 0 Å².